The van der Waals surface area contributed by atoms with Gasteiger partial charge in [-0.1, -0.05) is 99.6 Å². The smallest absolute Gasteiger partial charge is 0.322 e. The van der Waals surface area contributed by atoms with Crippen molar-refractivity contribution >= 4 is 35.2 Å². The molecular weight excluding hydrogens is 532 g/mol. The second-order valence-corrected chi connectivity index (χ2v) is 10.8. The molecule has 1 fully saturated rings. The summed E-state index contributed by atoms with van der Waals surface area (Å²) in [5, 5.41) is 8.00. The Morgan fingerprint density at radius 3 is 1.93 bits per heavy atom. The first-order valence-electron chi connectivity index (χ1n) is 14.1. The number of anilines is 1. The van der Waals surface area contributed by atoms with Crippen LogP contribution in [0.4, 0.5) is 10.5 Å². The van der Waals surface area contributed by atoms with Gasteiger partial charge in [0.1, 0.15) is 5.92 Å². The van der Waals surface area contributed by atoms with E-state index in [0.29, 0.717) is 12.2 Å². The van der Waals surface area contributed by atoms with E-state index in [4.69, 9.17) is 0 Å². The summed E-state index contributed by atoms with van der Waals surface area (Å²) < 4.78 is 0. The third kappa shape index (κ3) is 7.28. The summed E-state index contributed by atoms with van der Waals surface area (Å²) >= 11 is 0. The van der Waals surface area contributed by atoms with Crippen molar-refractivity contribution < 1.29 is 24.0 Å². The summed E-state index contributed by atoms with van der Waals surface area (Å²) in [4.78, 5) is 66.4. The highest BCUT2D eigenvalue weighted by Gasteiger charge is 2.46. The molecule has 3 N–H and O–H groups in total. The van der Waals surface area contributed by atoms with Gasteiger partial charge in [-0.15, -0.1) is 0 Å². The summed E-state index contributed by atoms with van der Waals surface area (Å²) in [5.74, 6) is -4.43. The molecule has 1 heterocycles. The first kappa shape index (κ1) is 30.2. The normalized spacial score (nSPS) is 17.7. The molecule has 0 saturated carbocycles. The van der Waals surface area contributed by atoms with E-state index in [9.17, 15) is 24.0 Å². The number of carbonyl (C=O) groups is 5. The lowest BCUT2D eigenvalue weighted by Crippen LogP contribution is -2.50. The van der Waals surface area contributed by atoms with Gasteiger partial charge < -0.3 is 10.6 Å². The highest BCUT2D eigenvalue weighted by atomic mass is 16.2. The number of Topliss-reactive ketones (excluding diaryl/α,β-unsaturated/α-hetero) is 1. The van der Waals surface area contributed by atoms with Crippen molar-refractivity contribution in [2.24, 2.45) is 17.8 Å². The molecule has 9 nitrogen and oxygen atoms in total. The molecular formula is C33H36N4O5. The van der Waals surface area contributed by atoms with Crippen LogP contribution < -0.4 is 20.9 Å². The van der Waals surface area contributed by atoms with Gasteiger partial charge in [-0.3, -0.25) is 29.4 Å². The van der Waals surface area contributed by atoms with Crippen LogP contribution in [0.5, 0.6) is 0 Å². The third-order valence-electron chi connectivity index (χ3n) is 7.42. The molecule has 0 aromatic heterocycles. The minimum absolute atomic E-state index is 0.147. The van der Waals surface area contributed by atoms with Crippen LogP contribution in [0.2, 0.25) is 0 Å². The van der Waals surface area contributed by atoms with E-state index in [0.717, 1.165) is 11.1 Å². The highest BCUT2D eigenvalue weighted by molar-refractivity contribution is 6.16. The molecule has 4 rings (SSSR count). The van der Waals surface area contributed by atoms with Crippen LogP contribution in [-0.4, -0.2) is 35.6 Å². The maximum Gasteiger partial charge on any atom is 0.322 e. The first-order chi connectivity index (χ1) is 20.2. The molecule has 0 radical (unpaired) electrons. The van der Waals surface area contributed by atoms with Crippen molar-refractivity contribution in [1.82, 2.24) is 16.0 Å². The van der Waals surface area contributed by atoms with Crippen LogP contribution in [0.15, 0.2) is 91.0 Å². The molecule has 0 bridgehead atoms. The van der Waals surface area contributed by atoms with Gasteiger partial charge in [0.25, 0.3) is 0 Å². The molecule has 5 amide bonds. The van der Waals surface area contributed by atoms with Gasteiger partial charge in [0.05, 0.1) is 31.0 Å². The third-order valence-corrected chi connectivity index (χ3v) is 7.42. The van der Waals surface area contributed by atoms with E-state index < -0.39 is 53.5 Å². The Bertz CT molecular complexity index is 1410. The van der Waals surface area contributed by atoms with Crippen LogP contribution in [0.3, 0.4) is 0 Å². The highest BCUT2D eigenvalue weighted by Crippen LogP contribution is 2.25. The van der Waals surface area contributed by atoms with E-state index in [2.05, 4.69) is 16.0 Å². The number of hydrogen-bond acceptors (Lipinski definition) is 5. The monoisotopic (exact) mass is 568 g/mol. The largest absolute Gasteiger partial charge is 0.346 e. The number of rotatable bonds is 11. The molecule has 4 atom stereocenters. The zero-order chi connectivity index (χ0) is 30.2. The van der Waals surface area contributed by atoms with Crippen molar-refractivity contribution in [1.29, 1.82) is 0 Å². The number of benzene rings is 3. The number of ketones is 1. The van der Waals surface area contributed by atoms with E-state index in [1.54, 1.807) is 18.7 Å². The quantitative estimate of drug-likeness (QED) is 0.237. The SMILES string of the molecule is CC(C)[C@H](NC(=O)CC(NC(=O)N(Cc1ccccc1)c1ccccc1)c1ccccc1)C(=O)C1C(=O)NC(=O)[C@H]1C. The molecule has 0 spiro atoms. The topological polar surface area (TPSA) is 125 Å². The number of amides is 5. The summed E-state index contributed by atoms with van der Waals surface area (Å²) in [5.41, 5.74) is 2.35. The van der Waals surface area contributed by atoms with Crippen LogP contribution in [0, 0.1) is 17.8 Å². The van der Waals surface area contributed by atoms with Crippen LogP contribution in [0.1, 0.15) is 44.4 Å². The van der Waals surface area contributed by atoms with Gasteiger partial charge >= 0.3 is 6.03 Å². The van der Waals surface area contributed by atoms with Crippen molar-refractivity contribution in [2.75, 3.05) is 4.90 Å². The Kier molecular flexibility index (Phi) is 9.85. The number of carbonyl (C=O) groups excluding carboxylic acids is 5. The van der Waals surface area contributed by atoms with Crippen LogP contribution >= 0.6 is 0 Å². The zero-order valence-corrected chi connectivity index (χ0v) is 23.9. The maximum absolute atomic E-state index is 13.8. The van der Waals surface area contributed by atoms with Crippen molar-refractivity contribution in [3.05, 3.63) is 102 Å². The second kappa shape index (κ2) is 13.7. The average molecular weight is 569 g/mol. The molecule has 1 aliphatic heterocycles. The average Bonchev–Trinajstić information content (AvgIpc) is 3.25. The van der Waals surface area contributed by atoms with Gasteiger partial charge in [0.15, 0.2) is 5.78 Å². The number of imide groups is 1. The fourth-order valence-electron chi connectivity index (χ4n) is 5.06. The van der Waals surface area contributed by atoms with E-state index in [-0.39, 0.29) is 12.3 Å². The molecule has 2 unspecified atom stereocenters. The van der Waals surface area contributed by atoms with E-state index in [1.807, 2.05) is 91.0 Å². The molecule has 1 aliphatic rings. The molecule has 1 saturated heterocycles. The predicted molar refractivity (Wildman–Crippen MR) is 159 cm³/mol. The Labute approximate surface area is 245 Å². The number of urea groups is 1. The molecule has 3 aromatic carbocycles. The van der Waals surface area contributed by atoms with Crippen molar-refractivity contribution in [2.45, 2.75) is 45.8 Å². The standard InChI is InChI=1S/C33H36N4O5/c1-21(2)29(30(39)28-22(3)31(40)36-32(28)41)35-27(38)19-26(24-15-9-5-10-16-24)34-33(42)37(25-17-11-6-12-18-25)20-23-13-7-4-8-14-23/h4-18,21-22,26,28-29H,19-20H2,1-3H3,(H,34,42)(H,35,38)(H,36,40,41)/t22-,26?,28?,29-/m0/s1. The molecule has 42 heavy (non-hydrogen) atoms. The van der Waals surface area contributed by atoms with Gasteiger partial charge in [0.2, 0.25) is 17.7 Å². The second-order valence-electron chi connectivity index (χ2n) is 10.8. The molecule has 9 heteroatoms. The summed E-state index contributed by atoms with van der Waals surface area (Å²) in [7, 11) is 0. The van der Waals surface area contributed by atoms with Crippen molar-refractivity contribution in [3.8, 4) is 0 Å². The Hall–Kier alpha value is -4.79. The molecule has 0 aliphatic carbocycles. The maximum atomic E-state index is 13.8. The molecule has 3 aromatic rings. The van der Waals surface area contributed by atoms with Gasteiger partial charge in [-0.05, 0) is 29.2 Å². The first-order valence-corrected chi connectivity index (χ1v) is 14.1. The number of hydrogen-bond donors (Lipinski definition) is 3. The van der Waals surface area contributed by atoms with Gasteiger partial charge in [-0.2, -0.15) is 0 Å². The molecule has 218 valence electrons. The fourth-order valence-corrected chi connectivity index (χ4v) is 5.06. The fraction of sp³-hybridized carbons (Fsp3) is 0.303. The number of para-hydroxylation sites is 1. The van der Waals surface area contributed by atoms with Gasteiger partial charge in [-0.25, -0.2) is 4.79 Å². The minimum atomic E-state index is -1.16. The lowest BCUT2D eigenvalue weighted by molar-refractivity contribution is -0.137. The van der Waals surface area contributed by atoms with Gasteiger partial charge in [0, 0.05) is 5.69 Å². The van der Waals surface area contributed by atoms with E-state index >= 15 is 0 Å². The lowest BCUT2D eigenvalue weighted by Gasteiger charge is -2.28. The summed E-state index contributed by atoms with van der Waals surface area (Å²) in [6, 6.07) is 25.9. The Morgan fingerprint density at radius 2 is 1.38 bits per heavy atom. The Morgan fingerprint density at radius 1 is 0.810 bits per heavy atom. The Balaban J connectivity index is 1.54. The van der Waals surface area contributed by atoms with Crippen LogP contribution in [-0.2, 0) is 25.7 Å². The summed E-state index contributed by atoms with van der Waals surface area (Å²) in [6.07, 6.45) is -0.147. The predicted octanol–water partition coefficient (Wildman–Crippen LogP) is 4.15. The lowest BCUT2D eigenvalue weighted by atomic mass is 9.85. The van der Waals surface area contributed by atoms with Crippen molar-refractivity contribution in [3.63, 3.8) is 0 Å². The van der Waals surface area contributed by atoms with E-state index in [1.165, 1.54) is 6.92 Å². The number of nitrogens with one attached hydrogen (secondary N) is 3. The number of nitrogens with zero attached hydrogens (tertiary/aromatic N) is 1. The summed E-state index contributed by atoms with van der Waals surface area (Å²) in [6.45, 7) is 5.37. The minimum Gasteiger partial charge on any atom is -0.346 e. The zero-order valence-electron chi connectivity index (χ0n) is 23.9. The van der Waals surface area contributed by atoms with Crippen LogP contribution in [0.25, 0.3) is 0 Å².